The number of nitrogens with one attached hydrogen (secondary N) is 2. The average molecular weight is 388 g/mol. The lowest BCUT2D eigenvalue weighted by molar-refractivity contribution is -0.132. The summed E-state index contributed by atoms with van der Waals surface area (Å²) in [6, 6.07) is 5.98. The van der Waals surface area contributed by atoms with E-state index in [0.29, 0.717) is 13.0 Å². The predicted molar refractivity (Wildman–Crippen MR) is 111 cm³/mol. The van der Waals surface area contributed by atoms with Gasteiger partial charge in [0, 0.05) is 71.0 Å². The molecule has 0 unspecified atom stereocenters. The molecule has 1 aromatic carbocycles. The third kappa shape index (κ3) is 5.77. The molecule has 2 aliphatic rings. The molecular formula is C21H33N5O2. The molecule has 2 fully saturated rings. The maximum Gasteiger partial charge on any atom is 0.238 e. The SMILES string of the molecule is Cc1cccc(NC(=O)CN2CCN(CCC(=O)N3CCNCC3)CC2)c1C. The second-order valence-corrected chi connectivity index (χ2v) is 7.79. The first-order chi connectivity index (χ1) is 13.5. The number of anilines is 1. The van der Waals surface area contributed by atoms with Gasteiger partial charge in [0.2, 0.25) is 11.8 Å². The van der Waals surface area contributed by atoms with Crippen molar-refractivity contribution in [3.05, 3.63) is 29.3 Å². The Bertz CT molecular complexity index is 679. The highest BCUT2D eigenvalue weighted by atomic mass is 16.2. The van der Waals surface area contributed by atoms with E-state index in [2.05, 4.69) is 33.4 Å². The van der Waals surface area contributed by atoms with Crippen molar-refractivity contribution < 1.29 is 9.59 Å². The minimum atomic E-state index is 0.0380. The quantitative estimate of drug-likeness (QED) is 0.752. The molecule has 28 heavy (non-hydrogen) atoms. The zero-order valence-corrected chi connectivity index (χ0v) is 17.2. The Morgan fingerprint density at radius 2 is 1.68 bits per heavy atom. The molecule has 0 radical (unpaired) electrons. The summed E-state index contributed by atoms with van der Waals surface area (Å²) in [5.41, 5.74) is 3.20. The highest BCUT2D eigenvalue weighted by Crippen LogP contribution is 2.18. The monoisotopic (exact) mass is 387 g/mol. The van der Waals surface area contributed by atoms with Crippen molar-refractivity contribution in [1.82, 2.24) is 20.0 Å². The van der Waals surface area contributed by atoms with Crippen molar-refractivity contribution in [3.63, 3.8) is 0 Å². The maximum atomic E-state index is 12.4. The van der Waals surface area contributed by atoms with Crippen LogP contribution in [0.25, 0.3) is 0 Å². The molecule has 7 heteroatoms. The fourth-order valence-electron chi connectivity index (χ4n) is 3.78. The number of hydrogen-bond acceptors (Lipinski definition) is 5. The molecule has 2 amide bonds. The number of carbonyl (C=O) groups excluding carboxylic acids is 2. The largest absolute Gasteiger partial charge is 0.340 e. The second kappa shape index (κ2) is 10.0. The summed E-state index contributed by atoms with van der Waals surface area (Å²) in [5, 5.41) is 6.31. The minimum Gasteiger partial charge on any atom is -0.340 e. The van der Waals surface area contributed by atoms with Gasteiger partial charge < -0.3 is 20.4 Å². The van der Waals surface area contributed by atoms with Gasteiger partial charge in [0.1, 0.15) is 0 Å². The molecule has 3 rings (SSSR count). The van der Waals surface area contributed by atoms with Gasteiger partial charge in [-0.2, -0.15) is 0 Å². The molecular weight excluding hydrogens is 354 g/mol. The standard InChI is InChI=1S/C21H33N5O2/c1-17-4-3-5-19(18(17)2)23-20(27)16-25-14-12-24(13-15-25)9-6-21(28)26-10-7-22-8-11-26/h3-5,22H,6-16H2,1-2H3,(H,23,27). The van der Waals surface area contributed by atoms with Crippen LogP contribution in [-0.4, -0.2) is 92.0 Å². The number of benzene rings is 1. The summed E-state index contributed by atoms with van der Waals surface area (Å²) in [6.45, 7) is 12.3. The Morgan fingerprint density at radius 3 is 2.39 bits per heavy atom. The number of aryl methyl sites for hydroxylation is 1. The van der Waals surface area contributed by atoms with Crippen LogP contribution in [0.4, 0.5) is 5.69 Å². The lowest BCUT2D eigenvalue weighted by Crippen LogP contribution is -2.50. The molecule has 1 aromatic rings. The Balaban J connectivity index is 1.36. The number of piperazine rings is 2. The van der Waals surface area contributed by atoms with Crippen LogP contribution in [0.3, 0.4) is 0 Å². The van der Waals surface area contributed by atoms with Crippen molar-refractivity contribution >= 4 is 17.5 Å². The van der Waals surface area contributed by atoms with Crippen LogP contribution in [-0.2, 0) is 9.59 Å². The van der Waals surface area contributed by atoms with Gasteiger partial charge in [-0.25, -0.2) is 0 Å². The normalized spacial score (nSPS) is 18.9. The molecule has 0 aliphatic carbocycles. The van der Waals surface area contributed by atoms with Crippen molar-refractivity contribution in [1.29, 1.82) is 0 Å². The van der Waals surface area contributed by atoms with Gasteiger partial charge in [-0.15, -0.1) is 0 Å². The van der Waals surface area contributed by atoms with Gasteiger partial charge in [0.25, 0.3) is 0 Å². The fourth-order valence-corrected chi connectivity index (χ4v) is 3.78. The van der Waals surface area contributed by atoms with Crippen LogP contribution in [0, 0.1) is 13.8 Å². The van der Waals surface area contributed by atoms with E-state index in [1.54, 1.807) is 0 Å². The summed E-state index contributed by atoms with van der Waals surface area (Å²) in [4.78, 5) is 31.2. The van der Waals surface area contributed by atoms with E-state index in [9.17, 15) is 9.59 Å². The third-order valence-electron chi connectivity index (χ3n) is 5.82. The van der Waals surface area contributed by atoms with E-state index in [0.717, 1.165) is 70.2 Å². The van der Waals surface area contributed by atoms with Gasteiger partial charge in [-0.1, -0.05) is 12.1 Å². The van der Waals surface area contributed by atoms with E-state index in [1.807, 2.05) is 24.0 Å². The van der Waals surface area contributed by atoms with Crippen LogP contribution >= 0.6 is 0 Å². The molecule has 0 bridgehead atoms. The molecule has 2 N–H and O–H groups in total. The summed E-state index contributed by atoms with van der Waals surface area (Å²) in [5.74, 6) is 0.299. The molecule has 0 aromatic heterocycles. The number of amides is 2. The molecule has 154 valence electrons. The minimum absolute atomic E-state index is 0.0380. The highest BCUT2D eigenvalue weighted by molar-refractivity contribution is 5.93. The summed E-state index contributed by atoms with van der Waals surface area (Å²) < 4.78 is 0. The maximum absolute atomic E-state index is 12.4. The van der Waals surface area contributed by atoms with Crippen molar-refractivity contribution in [2.24, 2.45) is 0 Å². The topological polar surface area (TPSA) is 67.9 Å². The number of carbonyl (C=O) groups is 2. The van der Waals surface area contributed by atoms with Gasteiger partial charge in [0.15, 0.2) is 0 Å². The van der Waals surface area contributed by atoms with Crippen molar-refractivity contribution in [2.45, 2.75) is 20.3 Å². The first-order valence-corrected chi connectivity index (χ1v) is 10.3. The Kier molecular flexibility index (Phi) is 7.42. The van der Waals surface area contributed by atoms with Crippen molar-refractivity contribution in [3.8, 4) is 0 Å². The van der Waals surface area contributed by atoms with Crippen LogP contribution in [0.1, 0.15) is 17.5 Å². The fraction of sp³-hybridized carbons (Fsp3) is 0.619. The molecule has 0 atom stereocenters. The first kappa shape index (κ1) is 20.8. The Morgan fingerprint density at radius 1 is 1.00 bits per heavy atom. The van der Waals surface area contributed by atoms with E-state index in [4.69, 9.17) is 0 Å². The van der Waals surface area contributed by atoms with Crippen LogP contribution < -0.4 is 10.6 Å². The molecule has 2 heterocycles. The van der Waals surface area contributed by atoms with E-state index >= 15 is 0 Å². The lowest BCUT2D eigenvalue weighted by atomic mass is 10.1. The van der Waals surface area contributed by atoms with Gasteiger partial charge in [-0.05, 0) is 31.0 Å². The molecule has 2 saturated heterocycles. The van der Waals surface area contributed by atoms with Crippen LogP contribution in [0.2, 0.25) is 0 Å². The van der Waals surface area contributed by atoms with Gasteiger partial charge in [0.05, 0.1) is 6.54 Å². The average Bonchev–Trinajstić information content (AvgIpc) is 2.71. The van der Waals surface area contributed by atoms with Gasteiger partial charge >= 0.3 is 0 Å². The molecule has 2 aliphatic heterocycles. The smallest absolute Gasteiger partial charge is 0.238 e. The van der Waals surface area contributed by atoms with E-state index < -0.39 is 0 Å². The van der Waals surface area contributed by atoms with E-state index in [1.165, 1.54) is 5.56 Å². The Labute approximate surface area is 168 Å². The first-order valence-electron chi connectivity index (χ1n) is 10.3. The zero-order valence-electron chi connectivity index (χ0n) is 17.2. The summed E-state index contributed by atoms with van der Waals surface area (Å²) >= 11 is 0. The number of nitrogens with zero attached hydrogens (tertiary/aromatic N) is 3. The van der Waals surface area contributed by atoms with Crippen molar-refractivity contribution in [2.75, 3.05) is 70.8 Å². The molecule has 7 nitrogen and oxygen atoms in total. The van der Waals surface area contributed by atoms with Crippen LogP contribution in [0.15, 0.2) is 18.2 Å². The zero-order chi connectivity index (χ0) is 19.9. The van der Waals surface area contributed by atoms with E-state index in [-0.39, 0.29) is 11.8 Å². The second-order valence-electron chi connectivity index (χ2n) is 7.79. The molecule has 0 spiro atoms. The third-order valence-corrected chi connectivity index (χ3v) is 5.82. The highest BCUT2D eigenvalue weighted by Gasteiger charge is 2.21. The summed E-state index contributed by atoms with van der Waals surface area (Å²) in [7, 11) is 0. The molecule has 0 saturated carbocycles. The lowest BCUT2D eigenvalue weighted by Gasteiger charge is -2.35. The number of hydrogen-bond donors (Lipinski definition) is 2. The van der Waals surface area contributed by atoms with Gasteiger partial charge in [-0.3, -0.25) is 14.5 Å². The summed E-state index contributed by atoms with van der Waals surface area (Å²) in [6.07, 6.45) is 0.590. The van der Waals surface area contributed by atoms with Crippen LogP contribution in [0.5, 0.6) is 0 Å². The Hall–Kier alpha value is -1.96. The predicted octanol–water partition coefficient (Wildman–Crippen LogP) is 0.681. The number of rotatable bonds is 6.